The van der Waals surface area contributed by atoms with Crippen LogP contribution in [0, 0.1) is 11.7 Å². The average Bonchev–Trinajstić information content (AvgIpc) is 2.64. The summed E-state index contributed by atoms with van der Waals surface area (Å²) in [7, 11) is 0. The van der Waals surface area contributed by atoms with Crippen LogP contribution in [0.25, 0.3) is 0 Å². The summed E-state index contributed by atoms with van der Waals surface area (Å²) < 4.78 is 19.2. The Morgan fingerprint density at radius 1 is 1.00 bits per heavy atom. The molecule has 1 aliphatic heterocycles. The molecule has 27 heavy (non-hydrogen) atoms. The van der Waals surface area contributed by atoms with Crippen LogP contribution in [0.4, 0.5) is 10.1 Å². The van der Waals surface area contributed by atoms with E-state index < -0.39 is 5.82 Å². The van der Waals surface area contributed by atoms with Gasteiger partial charge in [-0.25, -0.2) is 4.39 Å². The van der Waals surface area contributed by atoms with E-state index in [1.54, 1.807) is 42.5 Å². The normalized spacial score (nSPS) is 18.7. The lowest BCUT2D eigenvalue weighted by Gasteiger charge is -2.41. The summed E-state index contributed by atoms with van der Waals surface area (Å²) in [6.45, 7) is 2.05. The average molecular weight is 368 g/mol. The third kappa shape index (κ3) is 4.30. The highest BCUT2D eigenvalue weighted by Crippen LogP contribution is 2.30. The molecule has 5 heteroatoms. The molecule has 1 N–H and O–H groups in total. The van der Waals surface area contributed by atoms with Crippen LogP contribution in [0.3, 0.4) is 0 Å². The molecule has 1 saturated carbocycles. The van der Waals surface area contributed by atoms with Crippen LogP contribution in [0.15, 0.2) is 48.5 Å². The minimum Gasteiger partial charge on any atom is -0.454 e. The molecule has 1 amide bonds. The number of likely N-dealkylation sites (tertiary alicyclic amines) is 1. The molecule has 0 spiro atoms. The molecule has 0 unspecified atom stereocenters. The SMILES string of the molecule is O=C(Nc1ccc(Oc2ccccc2F)cc1)C1CCN(C2CCC2)CC1. The fraction of sp³-hybridized carbons (Fsp3) is 0.409. The molecule has 1 heterocycles. The molecule has 0 bridgehead atoms. The number of piperidine rings is 1. The molecule has 2 aromatic carbocycles. The predicted octanol–water partition coefficient (Wildman–Crippen LogP) is 4.82. The van der Waals surface area contributed by atoms with E-state index in [9.17, 15) is 9.18 Å². The lowest BCUT2D eigenvalue weighted by atomic mass is 9.87. The number of nitrogens with one attached hydrogen (secondary N) is 1. The fourth-order valence-corrected chi connectivity index (χ4v) is 3.78. The van der Waals surface area contributed by atoms with E-state index in [0.29, 0.717) is 5.75 Å². The maximum atomic E-state index is 13.7. The molecule has 2 aliphatic rings. The molecule has 1 aliphatic carbocycles. The van der Waals surface area contributed by atoms with Crippen molar-refractivity contribution in [3.63, 3.8) is 0 Å². The lowest BCUT2D eigenvalue weighted by Crippen LogP contribution is -2.46. The van der Waals surface area contributed by atoms with Crippen LogP contribution in [0.2, 0.25) is 0 Å². The zero-order valence-corrected chi connectivity index (χ0v) is 15.4. The molecule has 0 aromatic heterocycles. The first-order valence-corrected chi connectivity index (χ1v) is 9.76. The highest BCUT2D eigenvalue weighted by atomic mass is 19.1. The Balaban J connectivity index is 1.29. The number of rotatable bonds is 5. The maximum absolute atomic E-state index is 13.7. The van der Waals surface area contributed by atoms with Crippen molar-refractivity contribution >= 4 is 11.6 Å². The Hall–Kier alpha value is -2.40. The number of anilines is 1. The van der Waals surface area contributed by atoms with Crippen molar-refractivity contribution in [2.75, 3.05) is 18.4 Å². The number of carbonyl (C=O) groups is 1. The van der Waals surface area contributed by atoms with Gasteiger partial charge in [-0.05, 0) is 75.2 Å². The molecule has 4 rings (SSSR count). The highest BCUT2D eigenvalue weighted by molar-refractivity contribution is 5.92. The molecular formula is C22H25FN2O2. The highest BCUT2D eigenvalue weighted by Gasteiger charge is 2.31. The van der Waals surface area contributed by atoms with Gasteiger partial charge in [-0.1, -0.05) is 18.6 Å². The molecular weight excluding hydrogens is 343 g/mol. The number of nitrogens with zero attached hydrogens (tertiary/aromatic N) is 1. The number of amides is 1. The minimum atomic E-state index is -0.400. The first-order chi connectivity index (χ1) is 13.2. The second-order valence-corrected chi connectivity index (χ2v) is 7.44. The van der Waals surface area contributed by atoms with Gasteiger partial charge in [-0.3, -0.25) is 4.79 Å². The summed E-state index contributed by atoms with van der Waals surface area (Å²) in [6, 6.07) is 14.1. The van der Waals surface area contributed by atoms with Gasteiger partial charge in [0.05, 0.1) is 0 Å². The number of halogens is 1. The summed E-state index contributed by atoms with van der Waals surface area (Å²) in [5, 5.41) is 3.00. The van der Waals surface area contributed by atoms with Crippen LogP contribution in [-0.2, 0) is 4.79 Å². The zero-order valence-electron chi connectivity index (χ0n) is 15.4. The van der Waals surface area contributed by atoms with Gasteiger partial charge in [0.25, 0.3) is 0 Å². The Morgan fingerprint density at radius 3 is 2.33 bits per heavy atom. The molecule has 1 saturated heterocycles. The van der Waals surface area contributed by atoms with Crippen LogP contribution >= 0.6 is 0 Å². The molecule has 2 fully saturated rings. The first-order valence-electron chi connectivity index (χ1n) is 9.76. The number of hydrogen-bond acceptors (Lipinski definition) is 3. The van der Waals surface area contributed by atoms with Crippen molar-refractivity contribution < 1.29 is 13.9 Å². The minimum absolute atomic E-state index is 0.0793. The monoisotopic (exact) mass is 368 g/mol. The number of benzene rings is 2. The van der Waals surface area contributed by atoms with Crippen LogP contribution in [0.1, 0.15) is 32.1 Å². The lowest BCUT2D eigenvalue weighted by molar-refractivity contribution is -0.121. The van der Waals surface area contributed by atoms with Gasteiger partial charge in [0, 0.05) is 17.6 Å². The van der Waals surface area contributed by atoms with Gasteiger partial charge >= 0.3 is 0 Å². The third-order valence-corrected chi connectivity index (χ3v) is 5.68. The molecule has 142 valence electrons. The van der Waals surface area contributed by atoms with Gasteiger partial charge in [-0.2, -0.15) is 0 Å². The largest absolute Gasteiger partial charge is 0.454 e. The molecule has 4 nitrogen and oxygen atoms in total. The van der Waals surface area contributed by atoms with E-state index in [1.807, 2.05) is 0 Å². The van der Waals surface area contributed by atoms with Crippen LogP contribution in [0.5, 0.6) is 11.5 Å². The predicted molar refractivity (Wildman–Crippen MR) is 103 cm³/mol. The Labute approximate surface area is 159 Å². The van der Waals surface area contributed by atoms with Gasteiger partial charge in [-0.15, -0.1) is 0 Å². The van der Waals surface area contributed by atoms with Crippen molar-refractivity contribution in [2.45, 2.75) is 38.1 Å². The summed E-state index contributed by atoms with van der Waals surface area (Å²) in [5.74, 6) is 0.490. The van der Waals surface area contributed by atoms with E-state index in [2.05, 4.69) is 10.2 Å². The summed E-state index contributed by atoms with van der Waals surface area (Å²) in [6.07, 6.45) is 5.84. The summed E-state index contributed by atoms with van der Waals surface area (Å²) in [4.78, 5) is 15.1. The van der Waals surface area contributed by atoms with E-state index in [-0.39, 0.29) is 17.6 Å². The van der Waals surface area contributed by atoms with E-state index >= 15 is 0 Å². The van der Waals surface area contributed by atoms with Crippen molar-refractivity contribution in [2.24, 2.45) is 5.92 Å². The first kappa shape index (κ1) is 18.0. The Bertz CT molecular complexity index is 781. The number of carbonyl (C=O) groups excluding carboxylic acids is 1. The van der Waals surface area contributed by atoms with Gasteiger partial charge < -0.3 is 15.0 Å². The van der Waals surface area contributed by atoms with Crippen molar-refractivity contribution in [3.05, 3.63) is 54.3 Å². The number of hydrogen-bond donors (Lipinski definition) is 1. The van der Waals surface area contributed by atoms with Crippen molar-refractivity contribution in [1.29, 1.82) is 0 Å². The van der Waals surface area contributed by atoms with Crippen molar-refractivity contribution in [3.8, 4) is 11.5 Å². The Morgan fingerprint density at radius 2 is 1.70 bits per heavy atom. The van der Waals surface area contributed by atoms with Crippen LogP contribution in [-0.4, -0.2) is 29.9 Å². The van der Waals surface area contributed by atoms with E-state index in [4.69, 9.17) is 4.74 Å². The topological polar surface area (TPSA) is 41.6 Å². The van der Waals surface area contributed by atoms with Crippen LogP contribution < -0.4 is 10.1 Å². The maximum Gasteiger partial charge on any atom is 0.227 e. The van der Waals surface area contributed by atoms with Gasteiger partial charge in [0.15, 0.2) is 11.6 Å². The Kier molecular flexibility index (Phi) is 5.39. The zero-order chi connectivity index (χ0) is 18.6. The quantitative estimate of drug-likeness (QED) is 0.823. The van der Waals surface area contributed by atoms with E-state index in [1.165, 1.54) is 25.3 Å². The molecule has 0 atom stereocenters. The van der Waals surface area contributed by atoms with Gasteiger partial charge in [0.2, 0.25) is 5.91 Å². The second-order valence-electron chi connectivity index (χ2n) is 7.44. The number of ether oxygens (including phenoxy) is 1. The van der Waals surface area contributed by atoms with Gasteiger partial charge in [0.1, 0.15) is 5.75 Å². The molecule has 2 aromatic rings. The summed E-state index contributed by atoms with van der Waals surface area (Å²) in [5.41, 5.74) is 0.738. The van der Waals surface area contributed by atoms with E-state index in [0.717, 1.165) is 37.7 Å². The fourth-order valence-electron chi connectivity index (χ4n) is 3.78. The smallest absolute Gasteiger partial charge is 0.227 e. The summed E-state index contributed by atoms with van der Waals surface area (Å²) >= 11 is 0. The van der Waals surface area contributed by atoms with Crippen molar-refractivity contribution in [1.82, 2.24) is 4.90 Å². The number of para-hydroxylation sites is 1. The third-order valence-electron chi connectivity index (χ3n) is 5.68. The molecule has 0 radical (unpaired) electrons. The standard InChI is InChI=1S/C22H25FN2O2/c23-20-6-1-2-7-21(20)27-19-10-8-17(9-11-19)24-22(26)16-12-14-25(15-13-16)18-4-3-5-18/h1-2,6-11,16,18H,3-5,12-15H2,(H,24,26). The second kappa shape index (κ2) is 8.09.